The molecule has 0 aromatic heterocycles. The Kier molecular flexibility index (Phi) is 4.27. The summed E-state index contributed by atoms with van der Waals surface area (Å²) < 4.78 is 5.25. The van der Waals surface area contributed by atoms with Crippen LogP contribution in [0, 0.1) is 5.41 Å². The van der Waals surface area contributed by atoms with Gasteiger partial charge in [0.25, 0.3) is 0 Å². The maximum atomic E-state index is 7.51. The molecule has 1 aliphatic rings. The lowest BCUT2D eigenvalue weighted by Crippen LogP contribution is -2.53. The van der Waals surface area contributed by atoms with Crippen LogP contribution in [0.5, 0.6) is 5.75 Å². The van der Waals surface area contributed by atoms with Crippen molar-refractivity contribution in [3.63, 3.8) is 0 Å². The van der Waals surface area contributed by atoms with Crippen LogP contribution in [0.4, 0.5) is 5.69 Å². The van der Waals surface area contributed by atoms with Gasteiger partial charge in [0.05, 0.1) is 13.2 Å². The minimum atomic E-state index is 0.0347. The van der Waals surface area contributed by atoms with Crippen molar-refractivity contribution >= 4 is 11.5 Å². The van der Waals surface area contributed by atoms with Crippen LogP contribution < -0.4 is 15.4 Å². The highest BCUT2D eigenvalue weighted by Gasteiger charge is 2.22. The second-order valence-electron chi connectivity index (χ2n) is 4.86. The molecule has 1 fully saturated rings. The van der Waals surface area contributed by atoms with E-state index in [-0.39, 0.29) is 11.9 Å². The summed E-state index contributed by atoms with van der Waals surface area (Å²) in [5.74, 6) is 1.13. The van der Waals surface area contributed by atoms with Crippen molar-refractivity contribution in [1.29, 1.82) is 5.41 Å². The van der Waals surface area contributed by atoms with Gasteiger partial charge in [0, 0.05) is 37.9 Å². The van der Waals surface area contributed by atoms with Crippen molar-refractivity contribution in [3.8, 4) is 5.75 Å². The number of methoxy groups -OCH3 is 1. The van der Waals surface area contributed by atoms with Gasteiger partial charge in [-0.1, -0.05) is 6.07 Å². The molecule has 19 heavy (non-hydrogen) atoms. The molecule has 0 amide bonds. The molecule has 3 N–H and O–H groups in total. The number of rotatable bonds is 4. The minimum absolute atomic E-state index is 0.0347. The Balaban J connectivity index is 1.97. The van der Waals surface area contributed by atoms with E-state index in [2.05, 4.69) is 21.9 Å². The second-order valence-corrected chi connectivity index (χ2v) is 4.86. The van der Waals surface area contributed by atoms with Gasteiger partial charge in [0.1, 0.15) is 11.6 Å². The number of piperazine rings is 1. The van der Waals surface area contributed by atoms with Gasteiger partial charge in [-0.05, 0) is 19.1 Å². The molecule has 2 rings (SSSR count). The third-order valence-electron chi connectivity index (χ3n) is 3.73. The lowest BCUT2D eigenvalue weighted by Gasteiger charge is -2.38. The van der Waals surface area contributed by atoms with Crippen LogP contribution in [0.3, 0.4) is 0 Å². The molecule has 1 aliphatic heterocycles. The maximum absolute atomic E-state index is 7.51. The van der Waals surface area contributed by atoms with Crippen LogP contribution in [0.1, 0.15) is 6.92 Å². The van der Waals surface area contributed by atoms with Gasteiger partial charge in [-0.2, -0.15) is 0 Å². The van der Waals surface area contributed by atoms with E-state index in [1.54, 1.807) is 7.11 Å². The minimum Gasteiger partial charge on any atom is -0.497 e. The Morgan fingerprint density at radius 3 is 2.58 bits per heavy atom. The van der Waals surface area contributed by atoms with Gasteiger partial charge in [-0.25, -0.2) is 0 Å². The average Bonchev–Trinajstić information content (AvgIpc) is 2.46. The lowest BCUT2D eigenvalue weighted by atomic mass is 10.2. The van der Waals surface area contributed by atoms with E-state index in [1.165, 1.54) is 5.69 Å². The summed E-state index contributed by atoms with van der Waals surface area (Å²) in [6, 6.07) is 8.17. The van der Waals surface area contributed by atoms with Gasteiger partial charge < -0.3 is 15.4 Å². The summed E-state index contributed by atoms with van der Waals surface area (Å²) in [7, 11) is 1.69. The third-order valence-corrected chi connectivity index (χ3v) is 3.73. The zero-order valence-electron chi connectivity index (χ0n) is 11.6. The highest BCUT2D eigenvalue weighted by atomic mass is 16.5. The van der Waals surface area contributed by atoms with E-state index >= 15 is 0 Å². The number of nitrogens with zero attached hydrogens (tertiary/aromatic N) is 2. The fourth-order valence-electron chi connectivity index (χ4n) is 2.37. The number of anilines is 1. The summed E-state index contributed by atoms with van der Waals surface area (Å²) in [5.41, 5.74) is 6.75. The number of nitrogens with one attached hydrogen (secondary N) is 1. The monoisotopic (exact) mass is 262 g/mol. The summed E-state index contributed by atoms with van der Waals surface area (Å²) in [4.78, 5) is 4.59. The van der Waals surface area contributed by atoms with E-state index in [9.17, 15) is 0 Å². The van der Waals surface area contributed by atoms with Crippen LogP contribution in [0.15, 0.2) is 24.3 Å². The Hall–Kier alpha value is -1.75. The molecule has 1 aromatic rings. The Morgan fingerprint density at radius 2 is 2.00 bits per heavy atom. The van der Waals surface area contributed by atoms with Crippen molar-refractivity contribution in [2.24, 2.45) is 5.73 Å². The predicted octanol–water partition coefficient (Wildman–Crippen LogP) is 1.14. The summed E-state index contributed by atoms with van der Waals surface area (Å²) in [6.07, 6.45) is 0. The van der Waals surface area contributed by atoms with Crippen LogP contribution in [0.2, 0.25) is 0 Å². The molecular formula is C14H22N4O. The van der Waals surface area contributed by atoms with Crippen LogP contribution in [0.25, 0.3) is 0 Å². The van der Waals surface area contributed by atoms with Crippen molar-refractivity contribution in [3.05, 3.63) is 24.3 Å². The summed E-state index contributed by atoms with van der Waals surface area (Å²) in [5, 5.41) is 7.51. The smallest absolute Gasteiger partial charge is 0.120 e. The number of hydrogen-bond donors (Lipinski definition) is 2. The molecule has 1 unspecified atom stereocenters. The average molecular weight is 262 g/mol. The van der Waals surface area contributed by atoms with Crippen LogP contribution in [-0.4, -0.2) is 50.1 Å². The molecule has 1 heterocycles. The van der Waals surface area contributed by atoms with E-state index < -0.39 is 0 Å². The molecular weight excluding hydrogens is 240 g/mol. The standard InChI is InChI=1S/C14H22N4O/c1-11(14(15)16)17-6-8-18(9-7-17)12-4-3-5-13(10-12)19-2/h3-5,10-11H,6-9H2,1-2H3,(H3,15,16). The van der Waals surface area contributed by atoms with Crippen molar-refractivity contribution in [1.82, 2.24) is 4.90 Å². The van der Waals surface area contributed by atoms with Gasteiger partial charge in [-0.15, -0.1) is 0 Å². The third kappa shape index (κ3) is 3.17. The maximum Gasteiger partial charge on any atom is 0.120 e. The highest BCUT2D eigenvalue weighted by molar-refractivity contribution is 5.82. The molecule has 0 radical (unpaired) electrons. The number of amidine groups is 1. The Bertz CT molecular complexity index is 441. The second kappa shape index (κ2) is 5.93. The van der Waals surface area contributed by atoms with Gasteiger partial charge >= 0.3 is 0 Å². The lowest BCUT2D eigenvalue weighted by molar-refractivity contribution is 0.237. The van der Waals surface area contributed by atoms with Gasteiger partial charge in [0.2, 0.25) is 0 Å². The summed E-state index contributed by atoms with van der Waals surface area (Å²) >= 11 is 0. The van der Waals surface area contributed by atoms with Crippen LogP contribution in [-0.2, 0) is 0 Å². The Labute approximate surface area is 114 Å². The summed E-state index contributed by atoms with van der Waals surface area (Å²) in [6.45, 7) is 5.75. The molecule has 1 aromatic carbocycles. The SMILES string of the molecule is COc1cccc(N2CCN(C(C)C(=N)N)CC2)c1. The molecule has 1 atom stereocenters. The van der Waals surface area contributed by atoms with Crippen molar-refractivity contribution < 1.29 is 4.74 Å². The van der Waals surface area contributed by atoms with Crippen LogP contribution >= 0.6 is 0 Å². The van der Waals surface area contributed by atoms with Gasteiger partial charge in [-0.3, -0.25) is 10.3 Å². The van der Waals surface area contributed by atoms with Crippen molar-refractivity contribution in [2.75, 3.05) is 38.2 Å². The number of ether oxygens (including phenoxy) is 1. The molecule has 1 saturated heterocycles. The zero-order chi connectivity index (χ0) is 13.8. The quantitative estimate of drug-likeness (QED) is 0.631. The molecule has 104 valence electrons. The first-order valence-electron chi connectivity index (χ1n) is 6.59. The molecule has 0 saturated carbocycles. The number of benzene rings is 1. The largest absolute Gasteiger partial charge is 0.497 e. The molecule has 0 aliphatic carbocycles. The first-order chi connectivity index (χ1) is 9.11. The molecule has 5 heteroatoms. The number of hydrogen-bond acceptors (Lipinski definition) is 4. The van der Waals surface area contributed by atoms with Crippen molar-refractivity contribution in [2.45, 2.75) is 13.0 Å². The predicted molar refractivity (Wildman–Crippen MR) is 78.2 cm³/mol. The fraction of sp³-hybridized carbons (Fsp3) is 0.500. The topological polar surface area (TPSA) is 65.6 Å². The zero-order valence-corrected chi connectivity index (χ0v) is 11.6. The first kappa shape index (κ1) is 13.7. The molecule has 0 bridgehead atoms. The van der Waals surface area contributed by atoms with E-state index in [0.29, 0.717) is 0 Å². The van der Waals surface area contributed by atoms with Gasteiger partial charge in [0.15, 0.2) is 0 Å². The van der Waals surface area contributed by atoms with E-state index in [0.717, 1.165) is 31.9 Å². The highest BCUT2D eigenvalue weighted by Crippen LogP contribution is 2.22. The Morgan fingerprint density at radius 1 is 1.32 bits per heavy atom. The van der Waals surface area contributed by atoms with E-state index in [1.807, 2.05) is 19.1 Å². The fourth-order valence-corrected chi connectivity index (χ4v) is 2.37. The normalized spacial score (nSPS) is 18.1. The number of nitrogens with two attached hydrogens (primary N) is 1. The molecule has 0 spiro atoms. The van der Waals surface area contributed by atoms with E-state index in [4.69, 9.17) is 15.9 Å². The molecule has 5 nitrogen and oxygen atoms in total. The first-order valence-corrected chi connectivity index (χ1v) is 6.59.